The van der Waals surface area contributed by atoms with Gasteiger partial charge in [0.05, 0.1) is 18.2 Å². The smallest absolute Gasteiger partial charge is 0.276 e. The molecule has 0 aliphatic carbocycles. The molecule has 2 aliphatic rings. The summed E-state index contributed by atoms with van der Waals surface area (Å²) in [6, 6.07) is 5.61. The molecule has 2 saturated heterocycles. The number of amides is 1. The number of carbonyl (C=O) groups is 1. The Hall–Kier alpha value is -3.11. The average molecular weight is 424 g/mol. The van der Waals surface area contributed by atoms with Crippen LogP contribution in [0.5, 0.6) is 0 Å². The lowest BCUT2D eigenvalue weighted by atomic mass is 9.77. The van der Waals surface area contributed by atoms with Crippen molar-refractivity contribution in [3.8, 4) is 11.6 Å². The fourth-order valence-corrected chi connectivity index (χ4v) is 4.68. The molecular weight excluding hydrogens is 400 g/mol. The van der Waals surface area contributed by atoms with Crippen molar-refractivity contribution in [1.29, 1.82) is 0 Å². The van der Waals surface area contributed by atoms with E-state index in [-0.39, 0.29) is 17.4 Å². The molecule has 1 spiro atoms. The Morgan fingerprint density at radius 3 is 2.84 bits per heavy atom. The number of carbonyl (C=O) groups excluding carboxylic acids is 1. The van der Waals surface area contributed by atoms with Gasteiger partial charge in [-0.3, -0.25) is 14.7 Å². The number of aromatic nitrogens is 4. The number of hydrogen-bond donors (Lipinski definition) is 0. The van der Waals surface area contributed by atoms with Gasteiger partial charge in [0.15, 0.2) is 11.5 Å². The van der Waals surface area contributed by atoms with Crippen LogP contribution in [0, 0.1) is 12.3 Å². The summed E-state index contributed by atoms with van der Waals surface area (Å²) in [5.74, 6) is 1.57. The number of aryl methyl sites for hydroxylation is 1. The standard InChI is InChI=1S/C21H24N6O4/c1-13-14(9-29-3)17(24-30-13)20(28)27-11-21(12-27)8-16(26(2)10-21)18-23-19(31-25-18)15-6-4-5-7-22-15/h4-7,16H,8-12H2,1-3H3. The molecule has 3 aromatic rings. The molecular formula is C21H24N6O4. The first-order valence-electron chi connectivity index (χ1n) is 10.2. The maximum atomic E-state index is 13.0. The third kappa shape index (κ3) is 3.41. The highest BCUT2D eigenvalue weighted by molar-refractivity contribution is 5.94. The highest BCUT2D eigenvalue weighted by Gasteiger charge is 2.53. The first kappa shape index (κ1) is 19.8. The number of ether oxygens (including phenoxy) is 1. The normalized spacial score (nSPS) is 20.4. The Balaban J connectivity index is 1.27. The average Bonchev–Trinajstić information content (AvgIpc) is 3.45. The lowest BCUT2D eigenvalue weighted by Gasteiger charge is -2.47. The monoisotopic (exact) mass is 424 g/mol. The van der Waals surface area contributed by atoms with Crippen molar-refractivity contribution in [1.82, 2.24) is 30.1 Å². The van der Waals surface area contributed by atoms with E-state index in [9.17, 15) is 4.79 Å². The van der Waals surface area contributed by atoms with Gasteiger partial charge in [0.25, 0.3) is 11.8 Å². The molecule has 2 aliphatic heterocycles. The summed E-state index contributed by atoms with van der Waals surface area (Å²) < 4.78 is 15.8. The molecule has 0 aromatic carbocycles. The van der Waals surface area contributed by atoms with Crippen LogP contribution in [0.1, 0.15) is 40.1 Å². The summed E-state index contributed by atoms with van der Waals surface area (Å²) >= 11 is 0. The van der Waals surface area contributed by atoms with Gasteiger partial charge in [0.2, 0.25) is 0 Å². The molecule has 10 heteroatoms. The first-order chi connectivity index (χ1) is 15.0. The van der Waals surface area contributed by atoms with Crippen LogP contribution >= 0.6 is 0 Å². The Morgan fingerprint density at radius 2 is 2.10 bits per heavy atom. The molecule has 0 radical (unpaired) electrons. The van der Waals surface area contributed by atoms with Gasteiger partial charge in [0.1, 0.15) is 11.5 Å². The minimum Gasteiger partial charge on any atom is -0.380 e. The lowest BCUT2D eigenvalue weighted by Crippen LogP contribution is -2.59. The highest BCUT2D eigenvalue weighted by Crippen LogP contribution is 2.47. The van der Waals surface area contributed by atoms with E-state index in [1.807, 2.05) is 23.1 Å². The molecule has 1 amide bonds. The van der Waals surface area contributed by atoms with Crippen molar-refractivity contribution >= 4 is 5.91 Å². The van der Waals surface area contributed by atoms with Crippen molar-refractivity contribution in [3.05, 3.63) is 47.2 Å². The van der Waals surface area contributed by atoms with E-state index in [1.54, 1.807) is 20.2 Å². The molecule has 162 valence electrons. The van der Waals surface area contributed by atoms with Gasteiger partial charge in [-0.1, -0.05) is 16.4 Å². The van der Waals surface area contributed by atoms with Crippen molar-refractivity contribution in [2.75, 3.05) is 33.8 Å². The second-order valence-corrected chi connectivity index (χ2v) is 8.47. The Labute approximate surface area is 179 Å². The molecule has 10 nitrogen and oxygen atoms in total. The van der Waals surface area contributed by atoms with E-state index in [2.05, 4.69) is 32.2 Å². The Bertz CT molecular complexity index is 1090. The van der Waals surface area contributed by atoms with E-state index < -0.39 is 0 Å². The van der Waals surface area contributed by atoms with Crippen molar-refractivity contribution in [3.63, 3.8) is 0 Å². The van der Waals surface area contributed by atoms with Crippen molar-refractivity contribution in [2.24, 2.45) is 5.41 Å². The van der Waals surface area contributed by atoms with Crippen LogP contribution in [0.4, 0.5) is 0 Å². The number of hydrogen-bond acceptors (Lipinski definition) is 9. The third-order valence-corrected chi connectivity index (χ3v) is 6.18. The Kier molecular flexibility index (Phi) is 4.82. The molecule has 1 unspecified atom stereocenters. The quantitative estimate of drug-likeness (QED) is 0.608. The fraction of sp³-hybridized carbons (Fsp3) is 0.476. The molecule has 5 heterocycles. The zero-order valence-corrected chi connectivity index (χ0v) is 17.7. The SMILES string of the molecule is COCc1c(C(=O)N2CC3(CC(c4noc(-c5ccccn5)n4)N(C)C3)C2)noc1C. The van der Waals surface area contributed by atoms with Crippen LogP contribution in [-0.4, -0.2) is 69.8 Å². The molecule has 0 saturated carbocycles. The molecule has 0 bridgehead atoms. The van der Waals surface area contributed by atoms with E-state index in [0.717, 1.165) is 13.0 Å². The summed E-state index contributed by atoms with van der Waals surface area (Å²) in [6.07, 6.45) is 2.56. The van der Waals surface area contributed by atoms with Gasteiger partial charge in [-0.2, -0.15) is 4.98 Å². The van der Waals surface area contributed by atoms with Crippen LogP contribution in [0.15, 0.2) is 33.4 Å². The zero-order valence-electron chi connectivity index (χ0n) is 17.7. The van der Waals surface area contributed by atoms with Gasteiger partial charge >= 0.3 is 0 Å². The minimum absolute atomic E-state index is 0.0149. The molecule has 2 fully saturated rings. The number of likely N-dealkylation sites (tertiary alicyclic amines) is 2. The number of pyridine rings is 1. The number of methoxy groups -OCH3 is 1. The van der Waals surface area contributed by atoms with Crippen LogP contribution in [0.25, 0.3) is 11.6 Å². The minimum atomic E-state index is -0.113. The van der Waals surface area contributed by atoms with E-state index >= 15 is 0 Å². The lowest BCUT2D eigenvalue weighted by molar-refractivity contribution is 0.0105. The second kappa shape index (κ2) is 7.54. The van der Waals surface area contributed by atoms with Gasteiger partial charge in [-0.05, 0) is 32.5 Å². The summed E-state index contributed by atoms with van der Waals surface area (Å²) in [4.78, 5) is 25.8. The zero-order chi connectivity index (χ0) is 21.6. The van der Waals surface area contributed by atoms with Gasteiger partial charge in [-0.15, -0.1) is 0 Å². The summed E-state index contributed by atoms with van der Waals surface area (Å²) in [7, 11) is 3.64. The van der Waals surface area contributed by atoms with Crippen LogP contribution < -0.4 is 0 Å². The summed E-state index contributed by atoms with van der Waals surface area (Å²) in [5.41, 5.74) is 1.73. The topological polar surface area (TPSA) is 111 Å². The van der Waals surface area contributed by atoms with Crippen LogP contribution in [0.2, 0.25) is 0 Å². The van der Waals surface area contributed by atoms with E-state index in [0.29, 0.717) is 54.1 Å². The second-order valence-electron chi connectivity index (χ2n) is 8.47. The molecule has 3 aromatic heterocycles. The van der Waals surface area contributed by atoms with Gasteiger partial charge < -0.3 is 18.7 Å². The molecule has 1 atom stereocenters. The Morgan fingerprint density at radius 1 is 1.26 bits per heavy atom. The number of nitrogens with zero attached hydrogens (tertiary/aromatic N) is 6. The maximum Gasteiger partial charge on any atom is 0.276 e. The fourth-order valence-electron chi connectivity index (χ4n) is 4.68. The highest BCUT2D eigenvalue weighted by atomic mass is 16.5. The third-order valence-electron chi connectivity index (χ3n) is 6.18. The van der Waals surface area contributed by atoms with Crippen LogP contribution in [-0.2, 0) is 11.3 Å². The van der Waals surface area contributed by atoms with Crippen LogP contribution in [0.3, 0.4) is 0 Å². The van der Waals surface area contributed by atoms with Crippen molar-refractivity contribution < 1.29 is 18.6 Å². The largest absolute Gasteiger partial charge is 0.380 e. The predicted octanol–water partition coefficient (Wildman–Crippen LogP) is 2.09. The van der Waals surface area contributed by atoms with E-state index in [1.165, 1.54) is 0 Å². The molecule has 5 rings (SSSR count). The summed E-state index contributed by atoms with van der Waals surface area (Å²) in [5, 5.41) is 8.17. The first-order valence-corrected chi connectivity index (χ1v) is 10.2. The number of rotatable bonds is 5. The molecule has 0 N–H and O–H groups in total. The van der Waals surface area contributed by atoms with E-state index in [4.69, 9.17) is 13.8 Å². The van der Waals surface area contributed by atoms with Gasteiger partial charge in [0, 0.05) is 38.4 Å². The molecule has 31 heavy (non-hydrogen) atoms. The van der Waals surface area contributed by atoms with Gasteiger partial charge in [-0.25, -0.2) is 0 Å². The summed E-state index contributed by atoms with van der Waals surface area (Å²) in [6.45, 7) is 4.27. The van der Waals surface area contributed by atoms with Crippen molar-refractivity contribution in [2.45, 2.75) is 26.0 Å². The predicted molar refractivity (Wildman–Crippen MR) is 108 cm³/mol. The maximum absolute atomic E-state index is 13.0.